The number of carbonyl (C=O) groups excluding carboxylic acids is 1. The first-order valence-corrected chi connectivity index (χ1v) is 9.06. The summed E-state index contributed by atoms with van der Waals surface area (Å²) in [5, 5.41) is 7.12. The van der Waals surface area contributed by atoms with E-state index in [4.69, 9.17) is 4.74 Å². The molecule has 1 aromatic heterocycles. The minimum absolute atomic E-state index is 0.0229. The van der Waals surface area contributed by atoms with E-state index in [9.17, 15) is 9.18 Å². The van der Waals surface area contributed by atoms with Gasteiger partial charge in [-0.15, -0.1) is 0 Å². The van der Waals surface area contributed by atoms with E-state index in [-0.39, 0.29) is 17.9 Å². The van der Waals surface area contributed by atoms with Crippen molar-refractivity contribution in [2.75, 3.05) is 39.9 Å². The molecule has 7 nitrogen and oxygen atoms in total. The summed E-state index contributed by atoms with van der Waals surface area (Å²) in [6, 6.07) is 6.30. The number of benzene rings is 1. The lowest BCUT2D eigenvalue weighted by molar-refractivity contribution is 0.0165. The summed E-state index contributed by atoms with van der Waals surface area (Å²) in [6.45, 7) is 3.81. The first kappa shape index (κ1) is 19.3. The molecule has 2 aromatic rings. The van der Waals surface area contributed by atoms with E-state index >= 15 is 0 Å². The molecule has 146 valence electrons. The fourth-order valence-corrected chi connectivity index (χ4v) is 3.25. The second kappa shape index (κ2) is 8.96. The van der Waals surface area contributed by atoms with E-state index in [2.05, 4.69) is 15.3 Å². The average Bonchev–Trinajstić information content (AvgIpc) is 3.08. The molecule has 27 heavy (non-hydrogen) atoms. The van der Waals surface area contributed by atoms with Gasteiger partial charge in [0.2, 0.25) is 0 Å². The Balaban J connectivity index is 1.62. The van der Waals surface area contributed by atoms with Crippen LogP contribution in [0.15, 0.2) is 36.7 Å². The maximum Gasteiger partial charge on any atom is 0.317 e. The number of hydrogen-bond acceptors (Lipinski definition) is 4. The number of rotatable bonds is 6. The molecule has 1 N–H and O–H groups in total. The van der Waals surface area contributed by atoms with Crippen LogP contribution in [0.4, 0.5) is 9.18 Å². The van der Waals surface area contributed by atoms with Crippen molar-refractivity contribution in [1.29, 1.82) is 0 Å². The highest BCUT2D eigenvalue weighted by molar-refractivity contribution is 5.73. The number of carbonyl (C=O) groups is 1. The summed E-state index contributed by atoms with van der Waals surface area (Å²) in [5.74, 6) is -0.264. The highest BCUT2D eigenvalue weighted by atomic mass is 19.1. The number of hydrogen-bond donors (Lipinski definition) is 1. The van der Waals surface area contributed by atoms with Crippen LogP contribution in [0.3, 0.4) is 0 Å². The first-order chi connectivity index (χ1) is 13.0. The van der Waals surface area contributed by atoms with Gasteiger partial charge >= 0.3 is 6.03 Å². The van der Waals surface area contributed by atoms with Crippen LogP contribution < -0.4 is 5.32 Å². The molecule has 0 bridgehead atoms. The monoisotopic (exact) mass is 375 g/mol. The standard InChI is InChI=1S/C19H26FN5O2/c1-23(13-15-11-22-24(2)14-15)19(26)21-12-18(25-7-9-27-10-8-25)16-3-5-17(20)6-4-16/h3-6,11,14,18H,7-10,12-13H2,1-2H3,(H,21,26). The number of nitrogens with zero attached hydrogens (tertiary/aromatic N) is 4. The van der Waals surface area contributed by atoms with Crippen molar-refractivity contribution in [1.82, 2.24) is 24.9 Å². The Morgan fingerprint density at radius 1 is 1.33 bits per heavy atom. The Kier molecular flexibility index (Phi) is 6.41. The van der Waals surface area contributed by atoms with Crippen LogP contribution in [0.1, 0.15) is 17.2 Å². The number of urea groups is 1. The molecule has 1 fully saturated rings. The Labute approximate surface area is 158 Å². The van der Waals surface area contributed by atoms with Crippen LogP contribution in [0.5, 0.6) is 0 Å². The van der Waals surface area contributed by atoms with Gasteiger partial charge in [0.25, 0.3) is 0 Å². The van der Waals surface area contributed by atoms with E-state index < -0.39 is 0 Å². The lowest BCUT2D eigenvalue weighted by Gasteiger charge is -2.35. The molecule has 0 radical (unpaired) electrons. The normalized spacial score (nSPS) is 16.1. The summed E-state index contributed by atoms with van der Waals surface area (Å²) in [6.07, 6.45) is 3.64. The zero-order valence-electron chi connectivity index (χ0n) is 15.8. The molecule has 0 saturated carbocycles. The highest BCUT2D eigenvalue weighted by Gasteiger charge is 2.24. The molecule has 1 atom stereocenters. The number of aryl methyl sites for hydroxylation is 1. The van der Waals surface area contributed by atoms with Crippen molar-refractivity contribution in [2.24, 2.45) is 7.05 Å². The van der Waals surface area contributed by atoms with Gasteiger partial charge in [0.1, 0.15) is 5.82 Å². The van der Waals surface area contributed by atoms with Gasteiger partial charge in [-0.25, -0.2) is 9.18 Å². The van der Waals surface area contributed by atoms with Crippen molar-refractivity contribution < 1.29 is 13.9 Å². The van der Waals surface area contributed by atoms with E-state index in [0.29, 0.717) is 26.3 Å². The molecule has 1 aromatic carbocycles. The van der Waals surface area contributed by atoms with Gasteiger partial charge in [0.05, 0.1) is 32.0 Å². The SMILES string of the molecule is CN(Cc1cnn(C)c1)C(=O)NCC(c1ccc(F)cc1)N1CCOCC1. The Morgan fingerprint density at radius 3 is 2.67 bits per heavy atom. The Morgan fingerprint density at radius 2 is 2.04 bits per heavy atom. The summed E-state index contributed by atoms with van der Waals surface area (Å²) < 4.78 is 20.4. The second-order valence-corrected chi connectivity index (χ2v) is 6.78. The van der Waals surface area contributed by atoms with Gasteiger partial charge in [0, 0.05) is 45.5 Å². The smallest absolute Gasteiger partial charge is 0.317 e. The van der Waals surface area contributed by atoms with Crippen molar-refractivity contribution in [3.05, 3.63) is 53.6 Å². The largest absolute Gasteiger partial charge is 0.379 e. The number of aromatic nitrogens is 2. The van der Waals surface area contributed by atoms with Crippen molar-refractivity contribution in [2.45, 2.75) is 12.6 Å². The van der Waals surface area contributed by atoms with Gasteiger partial charge < -0.3 is 15.0 Å². The molecule has 3 rings (SSSR count). The molecule has 1 aliphatic heterocycles. The Bertz CT molecular complexity index is 743. The summed E-state index contributed by atoms with van der Waals surface area (Å²) in [5.41, 5.74) is 1.95. The third-order valence-corrected chi connectivity index (χ3v) is 4.71. The zero-order valence-corrected chi connectivity index (χ0v) is 15.8. The van der Waals surface area contributed by atoms with E-state index in [1.165, 1.54) is 12.1 Å². The molecule has 0 aliphatic carbocycles. The van der Waals surface area contributed by atoms with Gasteiger partial charge in [0.15, 0.2) is 0 Å². The Hall–Kier alpha value is -2.45. The number of halogens is 1. The second-order valence-electron chi connectivity index (χ2n) is 6.78. The average molecular weight is 375 g/mol. The molecular formula is C19H26FN5O2. The van der Waals surface area contributed by atoms with E-state index in [0.717, 1.165) is 24.2 Å². The first-order valence-electron chi connectivity index (χ1n) is 9.06. The van der Waals surface area contributed by atoms with Crippen LogP contribution in [-0.4, -0.2) is 65.5 Å². The third-order valence-electron chi connectivity index (χ3n) is 4.71. The van der Waals surface area contributed by atoms with Crippen LogP contribution in [0, 0.1) is 5.82 Å². The third kappa shape index (κ3) is 5.27. The minimum atomic E-state index is -0.264. The van der Waals surface area contributed by atoms with Crippen molar-refractivity contribution in [3.63, 3.8) is 0 Å². The lowest BCUT2D eigenvalue weighted by atomic mass is 10.0. The predicted octanol–water partition coefficient (Wildman–Crippen LogP) is 1.77. The fourth-order valence-electron chi connectivity index (χ4n) is 3.25. The number of morpholine rings is 1. The molecule has 2 amide bonds. The quantitative estimate of drug-likeness (QED) is 0.836. The maximum absolute atomic E-state index is 13.3. The van der Waals surface area contributed by atoms with Crippen molar-refractivity contribution in [3.8, 4) is 0 Å². The minimum Gasteiger partial charge on any atom is -0.379 e. The number of nitrogens with one attached hydrogen (secondary N) is 1. The topological polar surface area (TPSA) is 62.6 Å². The predicted molar refractivity (Wildman–Crippen MR) is 99.6 cm³/mol. The fraction of sp³-hybridized carbons (Fsp3) is 0.474. The molecule has 1 saturated heterocycles. The molecule has 8 heteroatoms. The summed E-state index contributed by atoms with van der Waals surface area (Å²) >= 11 is 0. The van der Waals surface area contributed by atoms with Gasteiger partial charge in [-0.1, -0.05) is 12.1 Å². The zero-order chi connectivity index (χ0) is 19.2. The number of ether oxygens (including phenoxy) is 1. The molecule has 1 unspecified atom stereocenters. The maximum atomic E-state index is 13.3. The van der Waals surface area contributed by atoms with Crippen molar-refractivity contribution >= 4 is 6.03 Å². The molecular weight excluding hydrogens is 349 g/mol. The summed E-state index contributed by atoms with van der Waals surface area (Å²) in [4.78, 5) is 16.4. The number of amides is 2. The van der Waals surface area contributed by atoms with Gasteiger partial charge in [-0.05, 0) is 17.7 Å². The van der Waals surface area contributed by atoms with Gasteiger partial charge in [-0.2, -0.15) is 5.10 Å². The summed E-state index contributed by atoms with van der Waals surface area (Å²) in [7, 11) is 3.60. The van der Waals surface area contributed by atoms with E-state index in [1.54, 1.807) is 35.0 Å². The van der Waals surface area contributed by atoms with Gasteiger partial charge in [-0.3, -0.25) is 9.58 Å². The molecule has 2 heterocycles. The van der Waals surface area contributed by atoms with E-state index in [1.807, 2.05) is 13.2 Å². The molecule has 1 aliphatic rings. The molecule has 0 spiro atoms. The lowest BCUT2D eigenvalue weighted by Crippen LogP contribution is -2.46. The van der Waals surface area contributed by atoms with Crippen LogP contribution in [-0.2, 0) is 18.3 Å². The highest BCUT2D eigenvalue weighted by Crippen LogP contribution is 2.21. The van der Waals surface area contributed by atoms with Crippen LogP contribution in [0.2, 0.25) is 0 Å². The van der Waals surface area contributed by atoms with Crippen LogP contribution >= 0.6 is 0 Å². The van der Waals surface area contributed by atoms with Crippen LogP contribution in [0.25, 0.3) is 0 Å².